The molecular weight excluding hydrogens is 196 g/mol. The van der Waals surface area contributed by atoms with Gasteiger partial charge in [0.05, 0.1) is 0 Å². The van der Waals surface area contributed by atoms with Crippen molar-refractivity contribution in [1.82, 2.24) is 0 Å². The van der Waals surface area contributed by atoms with Gasteiger partial charge in [-0.05, 0) is 47.5 Å². The average Bonchev–Trinajstić information content (AvgIpc) is 2.02. The van der Waals surface area contributed by atoms with Crippen LogP contribution in [0.5, 0.6) is 0 Å². The Bertz CT molecular complexity index is 456. The smallest absolute Gasteiger partial charge is 0.00490 e. The van der Waals surface area contributed by atoms with Crippen molar-refractivity contribution in [3.63, 3.8) is 0 Å². The van der Waals surface area contributed by atoms with Gasteiger partial charge in [-0.1, -0.05) is 6.07 Å². The Morgan fingerprint density at radius 1 is 0.923 bits per heavy atom. The molecule has 0 aliphatic rings. The summed E-state index contributed by atoms with van der Waals surface area (Å²) in [5.41, 5.74) is 1.26. The average molecular weight is 206 g/mol. The van der Waals surface area contributed by atoms with Gasteiger partial charge in [-0.3, -0.25) is 0 Å². The number of benzene rings is 2. The SMILES string of the molecule is Cc1cc(S)cc2cc(S)ccc12. The number of fused-ring (bicyclic) bond motifs is 1. The van der Waals surface area contributed by atoms with Gasteiger partial charge in [-0.25, -0.2) is 0 Å². The van der Waals surface area contributed by atoms with Crippen LogP contribution in [0.25, 0.3) is 10.8 Å². The van der Waals surface area contributed by atoms with Gasteiger partial charge in [-0.15, -0.1) is 25.3 Å². The molecule has 2 heteroatoms. The van der Waals surface area contributed by atoms with Crippen molar-refractivity contribution in [3.8, 4) is 0 Å². The molecule has 0 fully saturated rings. The highest BCUT2D eigenvalue weighted by atomic mass is 32.1. The summed E-state index contributed by atoms with van der Waals surface area (Å²) in [4.78, 5) is 2.00. The summed E-state index contributed by atoms with van der Waals surface area (Å²) in [6, 6.07) is 10.3. The first-order valence-electron chi connectivity index (χ1n) is 4.09. The van der Waals surface area contributed by atoms with E-state index in [4.69, 9.17) is 0 Å². The van der Waals surface area contributed by atoms with Crippen LogP contribution < -0.4 is 0 Å². The summed E-state index contributed by atoms with van der Waals surface area (Å²) in [6.07, 6.45) is 0. The van der Waals surface area contributed by atoms with E-state index >= 15 is 0 Å². The molecule has 0 spiro atoms. The van der Waals surface area contributed by atoms with Crippen LogP contribution in [0.3, 0.4) is 0 Å². The predicted octanol–water partition coefficient (Wildman–Crippen LogP) is 3.73. The minimum Gasteiger partial charge on any atom is -0.143 e. The first-order valence-corrected chi connectivity index (χ1v) is 4.98. The van der Waals surface area contributed by atoms with Gasteiger partial charge < -0.3 is 0 Å². The second-order valence-electron chi connectivity index (χ2n) is 3.17. The molecule has 0 bridgehead atoms. The van der Waals surface area contributed by atoms with E-state index in [-0.39, 0.29) is 0 Å². The summed E-state index contributed by atoms with van der Waals surface area (Å²) in [5, 5.41) is 2.48. The van der Waals surface area contributed by atoms with Crippen LogP contribution in [-0.4, -0.2) is 0 Å². The molecule has 66 valence electrons. The molecule has 2 rings (SSSR count). The lowest BCUT2D eigenvalue weighted by Gasteiger charge is -2.04. The van der Waals surface area contributed by atoms with Crippen LogP contribution in [0.4, 0.5) is 0 Å². The highest BCUT2D eigenvalue weighted by Crippen LogP contribution is 2.24. The molecule has 13 heavy (non-hydrogen) atoms. The second kappa shape index (κ2) is 3.28. The molecule has 2 aromatic rings. The first-order chi connectivity index (χ1) is 6.16. The number of thiol groups is 2. The molecule has 0 unspecified atom stereocenters. The minimum absolute atomic E-state index is 0.992. The Labute approximate surface area is 88.8 Å². The van der Waals surface area contributed by atoms with Crippen molar-refractivity contribution in [1.29, 1.82) is 0 Å². The molecule has 0 saturated heterocycles. The van der Waals surface area contributed by atoms with E-state index in [1.54, 1.807) is 0 Å². The van der Waals surface area contributed by atoms with E-state index in [0.29, 0.717) is 0 Å². The van der Waals surface area contributed by atoms with Crippen LogP contribution in [0.1, 0.15) is 5.56 Å². The number of aryl methyl sites for hydroxylation is 1. The van der Waals surface area contributed by atoms with E-state index in [1.165, 1.54) is 16.3 Å². The molecule has 0 aromatic heterocycles. The lowest BCUT2D eigenvalue weighted by molar-refractivity contribution is 1.40. The Kier molecular flexibility index (Phi) is 2.26. The Hall–Kier alpha value is -0.600. The van der Waals surface area contributed by atoms with Gasteiger partial charge >= 0.3 is 0 Å². The molecule has 0 atom stereocenters. The van der Waals surface area contributed by atoms with Crippen LogP contribution in [-0.2, 0) is 0 Å². The molecule has 0 N–H and O–H groups in total. The largest absolute Gasteiger partial charge is 0.143 e. The highest BCUT2D eigenvalue weighted by molar-refractivity contribution is 7.80. The fourth-order valence-electron chi connectivity index (χ4n) is 1.53. The third-order valence-electron chi connectivity index (χ3n) is 2.13. The molecule has 0 nitrogen and oxygen atoms in total. The third-order valence-corrected chi connectivity index (χ3v) is 2.66. The van der Waals surface area contributed by atoms with Crippen molar-refractivity contribution in [3.05, 3.63) is 35.9 Å². The third kappa shape index (κ3) is 1.69. The number of hydrogen-bond acceptors (Lipinski definition) is 2. The first kappa shape index (κ1) is 8.97. The van der Waals surface area contributed by atoms with E-state index < -0.39 is 0 Å². The zero-order chi connectivity index (χ0) is 9.42. The van der Waals surface area contributed by atoms with Crippen molar-refractivity contribution >= 4 is 36.0 Å². The lowest BCUT2D eigenvalue weighted by atomic mass is 10.1. The van der Waals surface area contributed by atoms with Gasteiger partial charge in [0, 0.05) is 9.79 Å². The summed E-state index contributed by atoms with van der Waals surface area (Å²) in [7, 11) is 0. The summed E-state index contributed by atoms with van der Waals surface area (Å²) >= 11 is 8.64. The highest BCUT2D eigenvalue weighted by Gasteiger charge is 1.98. The molecule has 0 heterocycles. The van der Waals surface area contributed by atoms with Crippen LogP contribution in [0.15, 0.2) is 40.1 Å². The zero-order valence-electron chi connectivity index (χ0n) is 7.28. The van der Waals surface area contributed by atoms with Crippen molar-refractivity contribution in [2.45, 2.75) is 16.7 Å². The maximum absolute atomic E-state index is 4.34. The van der Waals surface area contributed by atoms with Gasteiger partial charge in [0.2, 0.25) is 0 Å². The number of hydrogen-bond donors (Lipinski definition) is 2. The maximum Gasteiger partial charge on any atom is 0.00490 e. The fourth-order valence-corrected chi connectivity index (χ4v) is 2.08. The Balaban J connectivity index is 2.86. The van der Waals surface area contributed by atoms with Crippen molar-refractivity contribution < 1.29 is 0 Å². The van der Waals surface area contributed by atoms with Gasteiger partial charge in [0.15, 0.2) is 0 Å². The quantitative estimate of drug-likeness (QED) is 0.603. The second-order valence-corrected chi connectivity index (χ2v) is 4.20. The van der Waals surface area contributed by atoms with Gasteiger partial charge in [0.25, 0.3) is 0 Å². The monoisotopic (exact) mass is 206 g/mol. The topological polar surface area (TPSA) is 0 Å². The lowest BCUT2D eigenvalue weighted by Crippen LogP contribution is -1.79. The molecule has 0 amide bonds. The standard InChI is InChI=1S/C11H10S2/c1-7-4-10(13)6-8-5-9(12)2-3-11(7)8/h2-6,12-13H,1H3. The maximum atomic E-state index is 4.34. The van der Waals surface area contributed by atoms with Crippen molar-refractivity contribution in [2.24, 2.45) is 0 Å². The van der Waals surface area contributed by atoms with E-state index in [1.807, 2.05) is 6.07 Å². The van der Waals surface area contributed by atoms with E-state index in [0.717, 1.165) is 9.79 Å². The predicted molar refractivity (Wildman–Crippen MR) is 63.2 cm³/mol. The Morgan fingerprint density at radius 3 is 2.38 bits per heavy atom. The molecule has 0 saturated carbocycles. The summed E-state index contributed by atoms with van der Waals surface area (Å²) in [5.74, 6) is 0. The van der Waals surface area contributed by atoms with Gasteiger partial charge in [0.1, 0.15) is 0 Å². The fraction of sp³-hybridized carbons (Fsp3) is 0.0909. The summed E-state index contributed by atoms with van der Waals surface area (Å²) < 4.78 is 0. The van der Waals surface area contributed by atoms with E-state index in [2.05, 4.69) is 56.4 Å². The molecular formula is C11H10S2. The summed E-state index contributed by atoms with van der Waals surface area (Å²) in [6.45, 7) is 2.10. The number of rotatable bonds is 0. The van der Waals surface area contributed by atoms with E-state index in [9.17, 15) is 0 Å². The zero-order valence-corrected chi connectivity index (χ0v) is 9.07. The normalized spacial score (nSPS) is 10.7. The molecule has 0 aliphatic heterocycles. The minimum atomic E-state index is 0.992. The van der Waals surface area contributed by atoms with Crippen LogP contribution in [0, 0.1) is 6.92 Å². The van der Waals surface area contributed by atoms with Gasteiger partial charge in [-0.2, -0.15) is 0 Å². The molecule has 0 radical (unpaired) electrons. The Morgan fingerprint density at radius 2 is 1.62 bits per heavy atom. The molecule has 0 aliphatic carbocycles. The van der Waals surface area contributed by atoms with Crippen molar-refractivity contribution in [2.75, 3.05) is 0 Å². The van der Waals surface area contributed by atoms with Crippen LogP contribution >= 0.6 is 25.3 Å². The van der Waals surface area contributed by atoms with Crippen LogP contribution in [0.2, 0.25) is 0 Å². The molecule has 2 aromatic carbocycles.